The van der Waals surface area contributed by atoms with Gasteiger partial charge in [-0.15, -0.1) is 11.3 Å². The number of nitrogens with zero attached hydrogens (tertiary/aromatic N) is 1. The van der Waals surface area contributed by atoms with Gasteiger partial charge >= 0.3 is 5.97 Å². The number of aryl methyl sites for hydroxylation is 1. The fourth-order valence-electron chi connectivity index (χ4n) is 7.96. The Hall–Kier alpha value is -1.87. The number of esters is 1. The highest BCUT2D eigenvalue weighted by molar-refractivity contribution is 7.09. The largest absolute Gasteiger partial charge is 0.450 e. The second kappa shape index (κ2) is 7.37. The zero-order chi connectivity index (χ0) is 26.0. The summed E-state index contributed by atoms with van der Waals surface area (Å²) in [6.07, 6.45) is 2.81. The molecule has 1 aliphatic heterocycles. The summed E-state index contributed by atoms with van der Waals surface area (Å²) in [7, 11) is 0. The molecule has 5 aliphatic rings. The molecule has 4 aliphatic carbocycles. The van der Waals surface area contributed by atoms with Crippen LogP contribution in [0.5, 0.6) is 0 Å². The van der Waals surface area contributed by atoms with Crippen LogP contribution in [-0.4, -0.2) is 52.0 Å². The Morgan fingerprint density at radius 2 is 1.97 bits per heavy atom. The van der Waals surface area contributed by atoms with Crippen molar-refractivity contribution < 1.29 is 28.9 Å². The van der Waals surface area contributed by atoms with Crippen molar-refractivity contribution in [1.82, 2.24) is 4.98 Å². The van der Waals surface area contributed by atoms with Crippen LogP contribution in [0.4, 0.5) is 0 Å². The molecule has 2 saturated carbocycles. The second-order valence-corrected chi connectivity index (χ2v) is 13.6. The number of ether oxygens (including phenoxy) is 3. The standard InChI is InChI=1S/C28H35NO6S/c1-13-10-27-14(2)8-18-19(25(18,4)5)17(21(27)30)9-16-11-33-26(6,7)35-23(16)28(27,32)22(13)34-24(31)20-15(3)36-12-29-20/h9-10,12,14,17-19,22-23,32H,8,11H2,1-7H3/t14?,17-,18+,19-,22-,23+,27?,28+/m0/s1. The predicted molar refractivity (Wildman–Crippen MR) is 133 cm³/mol. The molecule has 1 saturated heterocycles. The first-order valence-electron chi connectivity index (χ1n) is 12.8. The van der Waals surface area contributed by atoms with E-state index in [9.17, 15) is 14.7 Å². The van der Waals surface area contributed by atoms with Gasteiger partial charge < -0.3 is 19.3 Å². The van der Waals surface area contributed by atoms with Crippen molar-refractivity contribution in [1.29, 1.82) is 0 Å². The Kier molecular flexibility index (Phi) is 5.01. The van der Waals surface area contributed by atoms with Crippen molar-refractivity contribution in [2.45, 2.75) is 78.5 Å². The summed E-state index contributed by atoms with van der Waals surface area (Å²) in [4.78, 5) is 32.9. The molecule has 0 radical (unpaired) electrons. The molecule has 1 N–H and O–H groups in total. The molecule has 0 aromatic carbocycles. The van der Waals surface area contributed by atoms with E-state index in [1.54, 1.807) is 5.51 Å². The number of hydrogen-bond donors (Lipinski definition) is 1. The van der Waals surface area contributed by atoms with Gasteiger partial charge in [-0.3, -0.25) is 4.79 Å². The van der Waals surface area contributed by atoms with Gasteiger partial charge in [0.25, 0.3) is 0 Å². The van der Waals surface area contributed by atoms with Crippen molar-refractivity contribution in [3.8, 4) is 0 Å². The molecule has 6 rings (SSSR count). The molecule has 7 nitrogen and oxygen atoms in total. The summed E-state index contributed by atoms with van der Waals surface area (Å²) < 4.78 is 18.5. The molecule has 2 unspecified atom stereocenters. The average molecular weight is 514 g/mol. The van der Waals surface area contributed by atoms with Gasteiger partial charge in [-0.25, -0.2) is 9.78 Å². The molecular weight excluding hydrogens is 478 g/mol. The van der Waals surface area contributed by atoms with Gasteiger partial charge in [-0.1, -0.05) is 32.9 Å². The molecule has 1 spiro atoms. The highest BCUT2D eigenvalue weighted by Crippen LogP contribution is 2.72. The van der Waals surface area contributed by atoms with Gasteiger partial charge in [0.05, 0.1) is 17.5 Å². The number of carbonyl (C=O) groups is 2. The number of Topliss-reactive ketones (excluding diaryl/α,β-unsaturated/α-hetero) is 1. The van der Waals surface area contributed by atoms with Crippen LogP contribution in [0.2, 0.25) is 0 Å². The van der Waals surface area contributed by atoms with E-state index in [2.05, 4.69) is 25.8 Å². The van der Waals surface area contributed by atoms with E-state index in [0.717, 1.165) is 16.9 Å². The van der Waals surface area contributed by atoms with E-state index >= 15 is 0 Å². The first-order chi connectivity index (χ1) is 16.8. The van der Waals surface area contributed by atoms with Crippen LogP contribution in [0.25, 0.3) is 0 Å². The van der Waals surface area contributed by atoms with Crippen LogP contribution >= 0.6 is 11.3 Å². The molecule has 36 heavy (non-hydrogen) atoms. The number of allylic oxidation sites excluding steroid dienone is 1. The summed E-state index contributed by atoms with van der Waals surface area (Å²) in [6.45, 7) is 14.1. The van der Waals surface area contributed by atoms with Gasteiger partial charge in [-0.05, 0) is 68.4 Å². The Morgan fingerprint density at radius 3 is 2.64 bits per heavy atom. The summed E-state index contributed by atoms with van der Waals surface area (Å²) in [6, 6.07) is 0. The Morgan fingerprint density at radius 1 is 1.25 bits per heavy atom. The molecule has 1 aromatic heterocycles. The van der Waals surface area contributed by atoms with Crippen molar-refractivity contribution in [2.24, 2.45) is 34.5 Å². The Bertz CT molecular complexity index is 1230. The van der Waals surface area contributed by atoms with Gasteiger partial charge in [-0.2, -0.15) is 0 Å². The fourth-order valence-corrected chi connectivity index (χ4v) is 8.53. The van der Waals surface area contributed by atoms with E-state index in [4.69, 9.17) is 14.2 Å². The summed E-state index contributed by atoms with van der Waals surface area (Å²) >= 11 is 1.36. The monoisotopic (exact) mass is 513 g/mol. The van der Waals surface area contributed by atoms with Crippen molar-refractivity contribution in [3.05, 3.63) is 39.4 Å². The van der Waals surface area contributed by atoms with Gasteiger partial charge in [0.15, 0.2) is 29.0 Å². The molecular formula is C28H35NO6S. The van der Waals surface area contributed by atoms with Crippen molar-refractivity contribution in [3.63, 3.8) is 0 Å². The number of carbonyl (C=O) groups excluding carboxylic acids is 2. The maximum atomic E-state index is 14.7. The maximum Gasteiger partial charge on any atom is 0.358 e. The summed E-state index contributed by atoms with van der Waals surface area (Å²) in [5.41, 5.74) is 0.247. The molecule has 3 fully saturated rings. The Labute approximate surface area is 215 Å². The third kappa shape index (κ3) is 2.93. The van der Waals surface area contributed by atoms with Crippen LogP contribution in [0.3, 0.4) is 0 Å². The fraction of sp³-hybridized carbons (Fsp3) is 0.679. The lowest BCUT2D eigenvalue weighted by atomic mass is 9.59. The number of fused-ring (bicyclic) bond motifs is 5. The van der Waals surface area contributed by atoms with Gasteiger partial charge in [0.2, 0.25) is 0 Å². The van der Waals surface area contributed by atoms with Crippen LogP contribution in [0, 0.1) is 41.4 Å². The number of rotatable bonds is 2. The minimum atomic E-state index is -1.81. The molecule has 8 atom stereocenters. The summed E-state index contributed by atoms with van der Waals surface area (Å²) in [5.74, 6) is -1.52. The minimum Gasteiger partial charge on any atom is -0.450 e. The number of hydrogen-bond acceptors (Lipinski definition) is 8. The third-order valence-electron chi connectivity index (χ3n) is 9.83. The Balaban J connectivity index is 1.53. The van der Waals surface area contributed by atoms with Gasteiger partial charge in [0, 0.05) is 10.8 Å². The molecule has 8 heteroatoms. The second-order valence-electron chi connectivity index (χ2n) is 12.5. The minimum absolute atomic E-state index is 0.00150. The van der Waals surface area contributed by atoms with Gasteiger partial charge in [0.1, 0.15) is 6.10 Å². The molecule has 1 aromatic rings. The molecule has 194 valence electrons. The lowest BCUT2D eigenvalue weighted by Crippen LogP contribution is -2.68. The number of aromatic nitrogens is 1. The predicted octanol–water partition coefficient (Wildman–Crippen LogP) is 4.24. The van der Waals surface area contributed by atoms with Crippen LogP contribution in [-0.2, 0) is 19.0 Å². The quantitative estimate of drug-likeness (QED) is 0.467. The lowest BCUT2D eigenvalue weighted by Gasteiger charge is -2.52. The smallest absolute Gasteiger partial charge is 0.358 e. The van der Waals surface area contributed by atoms with E-state index in [1.807, 2.05) is 39.8 Å². The van der Waals surface area contributed by atoms with Crippen molar-refractivity contribution in [2.75, 3.05) is 6.61 Å². The zero-order valence-corrected chi connectivity index (χ0v) is 22.8. The van der Waals surface area contributed by atoms with Crippen LogP contribution in [0.1, 0.15) is 63.3 Å². The highest BCUT2D eigenvalue weighted by Gasteiger charge is 2.77. The van der Waals surface area contributed by atoms with E-state index in [-0.39, 0.29) is 41.3 Å². The average Bonchev–Trinajstić information content (AvgIpc) is 3.05. The first-order valence-corrected chi connectivity index (χ1v) is 13.7. The topological polar surface area (TPSA) is 95.0 Å². The molecule has 0 amide bonds. The number of ketones is 1. The normalized spacial score (nSPS) is 43.7. The van der Waals surface area contributed by atoms with Crippen LogP contribution < -0.4 is 0 Å². The van der Waals surface area contributed by atoms with E-state index in [0.29, 0.717) is 11.5 Å². The van der Waals surface area contributed by atoms with Crippen LogP contribution in [0.15, 0.2) is 28.8 Å². The molecule has 2 heterocycles. The number of thiazole rings is 1. The SMILES string of the molecule is CC1=CC23C(=O)[C@@H](C=C4COC(C)(C)O[C@H]4[C@]2(O)[C@H]1OC(=O)c1ncsc1C)[C@H]1[C@@H](CC3C)C1(C)C. The first kappa shape index (κ1) is 24.5. The third-order valence-corrected chi connectivity index (χ3v) is 10.6. The zero-order valence-electron chi connectivity index (χ0n) is 22.0. The molecule has 2 bridgehead atoms. The van der Waals surface area contributed by atoms with E-state index < -0.39 is 35.0 Å². The number of aliphatic hydroxyl groups is 1. The van der Waals surface area contributed by atoms with E-state index in [1.165, 1.54) is 11.3 Å². The summed E-state index contributed by atoms with van der Waals surface area (Å²) in [5, 5.41) is 13.0. The highest BCUT2D eigenvalue weighted by atomic mass is 32.1. The lowest BCUT2D eigenvalue weighted by molar-refractivity contribution is -0.302. The van der Waals surface area contributed by atoms with Crippen molar-refractivity contribution >= 4 is 23.1 Å². The maximum absolute atomic E-state index is 14.7.